The first kappa shape index (κ1) is 16.3. The summed E-state index contributed by atoms with van der Waals surface area (Å²) in [7, 11) is -3.45. The van der Waals surface area contributed by atoms with Crippen molar-refractivity contribution in [2.75, 3.05) is 12.3 Å². The van der Waals surface area contributed by atoms with Crippen molar-refractivity contribution in [2.24, 2.45) is 0 Å². The lowest BCUT2D eigenvalue weighted by Crippen LogP contribution is -2.34. The summed E-state index contributed by atoms with van der Waals surface area (Å²) >= 11 is 0. The molecule has 0 radical (unpaired) electrons. The Balaban J connectivity index is 1.69. The zero-order chi connectivity index (χ0) is 15.8. The number of benzene rings is 1. The number of nitrogens with one attached hydrogen (secondary N) is 2. The van der Waals surface area contributed by atoms with Crippen LogP contribution in [0.1, 0.15) is 11.3 Å². The molecule has 1 aromatic heterocycles. The van der Waals surface area contributed by atoms with Crippen LogP contribution >= 0.6 is 0 Å². The summed E-state index contributed by atoms with van der Waals surface area (Å²) in [6.07, 6.45) is 1.72. The molecule has 0 unspecified atom stereocenters. The highest BCUT2D eigenvalue weighted by Crippen LogP contribution is 2.00. The normalized spacial score (nSPS) is 11.3. The van der Waals surface area contributed by atoms with Crippen molar-refractivity contribution in [3.8, 4) is 0 Å². The lowest BCUT2D eigenvalue weighted by atomic mass is 10.1. The van der Waals surface area contributed by atoms with E-state index in [0.29, 0.717) is 5.76 Å². The third-order valence-corrected chi connectivity index (χ3v) is 4.27. The summed E-state index contributed by atoms with van der Waals surface area (Å²) in [6, 6.07) is 12.6. The number of amides is 1. The first-order valence-electron chi connectivity index (χ1n) is 6.85. The second-order valence-electron chi connectivity index (χ2n) is 4.73. The van der Waals surface area contributed by atoms with Crippen molar-refractivity contribution in [3.05, 3.63) is 60.1 Å². The highest BCUT2D eigenvalue weighted by molar-refractivity contribution is 7.89. The number of hydrogen-bond acceptors (Lipinski definition) is 4. The Bertz CT molecular complexity index is 682. The van der Waals surface area contributed by atoms with Gasteiger partial charge in [0.1, 0.15) is 5.76 Å². The van der Waals surface area contributed by atoms with E-state index in [9.17, 15) is 13.2 Å². The topological polar surface area (TPSA) is 88.4 Å². The third kappa shape index (κ3) is 5.71. The van der Waals surface area contributed by atoms with Crippen LogP contribution in [0.4, 0.5) is 0 Å². The molecule has 0 atom stereocenters. The smallest absolute Gasteiger partial charge is 0.224 e. The Labute approximate surface area is 129 Å². The summed E-state index contributed by atoms with van der Waals surface area (Å²) in [4.78, 5) is 11.7. The van der Waals surface area contributed by atoms with Crippen LogP contribution in [-0.2, 0) is 27.8 Å². The maximum atomic E-state index is 11.8. The first-order valence-corrected chi connectivity index (χ1v) is 8.51. The van der Waals surface area contributed by atoms with Crippen molar-refractivity contribution in [1.82, 2.24) is 10.0 Å². The van der Waals surface area contributed by atoms with Gasteiger partial charge in [0.05, 0.1) is 25.0 Å². The SMILES string of the molecule is O=C(Cc1ccccc1)NCCS(=O)(=O)NCc1ccco1. The van der Waals surface area contributed by atoms with E-state index in [-0.39, 0.29) is 31.2 Å². The van der Waals surface area contributed by atoms with Gasteiger partial charge in [0.2, 0.25) is 15.9 Å². The lowest BCUT2D eigenvalue weighted by molar-refractivity contribution is -0.120. The zero-order valence-corrected chi connectivity index (χ0v) is 12.8. The number of carbonyl (C=O) groups excluding carboxylic acids is 1. The molecule has 2 aromatic rings. The van der Waals surface area contributed by atoms with Gasteiger partial charge in [0, 0.05) is 6.54 Å². The second-order valence-corrected chi connectivity index (χ2v) is 6.66. The third-order valence-electron chi connectivity index (χ3n) is 2.95. The molecule has 0 fully saturated rings. The minimum atomic E-state index is -3.45. The molecular formula is C15H18N2O4S. The molecule has 1 amide bonds. The van der Waals surface area contributed by atoms with Crippen LogP contribution in [0, 0.1) is 0 Å². The molecule has 0 saturated heterocycles. The van der Waals surface area contributed by atoms with E-state index >= 15 is 0 Å². The molecule has 0 aliphatic heterocycles. The molecule has 6 nitrogen and oxygen atoms in total. The predicted molar refractivity (Wildman–Crippen MR) is 82.5 cm³/mol. The van der Waals surface area contributed by atoms with Crippen molar-refractivity contribution in [1.29, 1.82) is 0 Å². The Morgan fingerprint density at radius 3 is 2.55 bits per heavy atom. The van der Waals surface area contributed by atoms with E-state index in [1.165, 1.54) is 6.26 Å². The Morgan fingerprint density at radius 2 is 1.86 bits per heavy atom. The lowest BCUT2D eigenvalue weighted by Gasteiger charge is -2.07. The average Bonchev–Trinajstić information content (AvgIpc) is 2.99. The maximum Gasteiger partial charge on any atom is 0.224 e. The van der Waals surface area contributed by atoms with Gasteiger partial charge in [-0.2, -0.15) is 0 Å². The fraction of sp³-hybridized carbons (Fsp3) is 0.267. The van der Waals surface area contributed by atoms with Gasteiger partial charge in [0.15, 0.2) is 0 Å². The molecule has 2 N–H and O–H groups in total. The molecule has 0 saturated carbocycles. The summed E-state index contributed by atoms with van der Waals surface area (Å²) in [5.41, 5.74) is 0.888. The maximum absolute atomic E-state index is 11.8. The standard InChI is InChI=1S/C15H18N2O4S/c18-15(11-13-5-2-1-3-6-13)16-8-10-22(19,20)17-12-14-7-4-9-21-14/h1-7,9,17H,8,10-12H2,(H,16,18). The molecule has 1 aromatic carbocycles. The van der Waals surface area contributed by atoms with E-state index < -0.39 is 10.0 Å². The van der Waals surface area contributed by atoms with Crippen molar-refractivity contribution in [2.45, 2.75) is 13.0 Å². The number of furan rings is 1. The Hall–Kier alpha value is -2.12. The minimum Gasteiger partial charge on any atom is -0.468 e. The van der Waals surface area contributed by atoms with Gasteiger partial charge in [-0.05, 0) is 17.7 Å². The van der Waals surface area contributed by atoms with Gasteiger partial charge in [-0.3, -0.25) is 4.79 Å². The minimum absolute atomic E-state index is 0.0686. The highest BCUT2D eigenvalue weighted by atomic mass is 32.2. The van der Waals surface area contributed by atoms with Crippen molar-refractivity contribution in [3.63, 3.8) is 0 Å². The zero-order valence-electron chi connectivity index (χ0n) is 12.0. The average molecular weight is 322 g/mol. The molecule has 0 aliphatic rings. The van der Waals surface area contributed by atoms with Crippen LogP contribution in [0.15, 0.2) is 53.1 Å². The highest BCUT2D eigenvalue weighted by Gasteiger charge is 2.11. The molecule has 2 rings (SSSR count). The van der Waals surface area contributed by atoms with E-state index in [1.807, 2.05) is 30.3 Å². The van der Waals surface area contributed by atoms with Crippen LogP contribution in [0.3, 0.4) is 0 Å². The molecule has 0 spiro atoms. The van der Waals surface area contributed by atoms with Crippen molar-refractivity contribution < 1.29 is 17.6 Å². The number of carbonyl (C=O) groups is 1. The largest absolute Gasteiger partial charge is 0.468 e. The van der Waals surface area contributed by atoms with Gasteiger partial charge < -0.3 is 9.73 Å². The molecule has 7 heteroatoms. The van der Waals surface area contributed by atoms with Gasteiger partial charge >= 0.3 is 0 Å². The summed E-state index contributed by atoms with van der Waals surface area (Å²) in [5.74, 6) is 0.165. The van der Waals surface area contributed by atoms with E-state index in [1.54, 1.807) is 12.1 Å². The van der Waals surface area contributed by atoms with Crippen LogP contribution in [0.25, 0.3) is 0 Å². The molecule has 118 valence electrons. The first-order chi connectivity index (χ1) is 10.6. The van der Waals surface area contributed by atoms with Crippen LogP contribution < -0.4 is 10.0 Å². The Morgan fingerprint density at radius 1 is 1.09 bits per heavy atom. The predicted octanol–water partition coefficient (Wildman–Crippen LogP) is 1.06. The number of sulfonamides is 1. The van der Waals surface area contributed by atoms with Crippen molar-refractivity contribution >= 4 is 15.9 Å². The monoisotopic (exact) mass is 322 g/mol. The molecule has 0 aliphatic carbocycles. The van der Waals surface area contributed by atoms with Crippen LogP contribution in [-0.4, -0.2) is 26.6 Å². The van der Waals surface area contributed by atoms with Gasteiger partial charge in [0.25, 0.3) is 0 Å². The van der Waals surface area contributed by atoms with Crippen LogP contribution in [0.2, 0.25) is 0 Å². The van der Waals surface area contributed by atoms with Gasteiger partial charge in [-0.15, -0.1) is 0 Å². The van der Waals surface area contributed by atoms with Gasteiger partial charge in [-0.25, -0.2) is 13.1 Å². The Kier molecular flexibility index (Phi) is 5.74. The fourth-order valence-electron chi connectivity index (χ4n) is 1.83. The number of hydrogen-bond donors (Lipinski definition) is 2. The molecule has 22 heavy (non-hydrogen) atoms. The summed E-state index contributed by atoms with van der Waals surface area (Å²) < 4.78 is 31.0. The van der Waals surface area contributed by atoms with E-state index in [2.05, 4.69) is 10.0 Å². The fourth-order valence-corrected chi connectivity index (χ4v) is 2.71. The summed E-state index contributed by atoms with van der Waals surface area (Å²) in [5, 5.41) is 2.60. The quantitative estimate of drug-likeness (QED) is 0.760. The van der Waals surface area contributed by atoms with E-state index in [4.69, 9.17) is 4.42 Å². The second kappa shape index (κ2) is 7.77. The molecule has 1 heterocycles. The number of rotatable bonds is 8. The molecular weight excluding hydrogens is 304 g/mol. The molecule has 0 bridgehead atoms. The van der Waals surface area contributed by atoms with Crippen LogP contribution in [0.5, 0.6) is 0 Å². The van der Waals surface area contributed by atoms with Gasteiger partial charge in [-0.1, -0.05) is 30.3 Å². The van der Waals surface area contributed by atoms with E-state index in [0.717, 1.165) is 5.56 Å². The summed E-state index contributed by atoms with van der Waals surface area (Å²) in [6.45, 7) is 0.173.